The van der Waals surface area contributed by atoms with Crippen molar-refractivity contribution in [3.05, 3.63) is 53.6 Å². The zero-order valence-corrected chi connectivity index (χ0v) is 16.5. The van der Waals surface area contributed by atoms with E-state index in [0.717, 1.165) is 49.7 Å². The Kier molecular flexibility index (Phi) is 5.81. The van der Waals surface area contributed by atoms with E-state index >= 15 is 0 Å². The monoisotopic (exact) mass is 379 g/mol. The second kappa shape index (κ2) is 8.65. The number of carbonyl (C=O) groups excluding carboxylic acids is 1. The standard InChI is InChI=1S/C23H29N3O2/c1-28-22-15-20(7-8-21(22)26-11-2-3-12-26)25-23(27)19-6-4-5-17(14-19)13-18-9-10-24-16-18/h4-8,14-15,18,24H,2-3,9-13,16H2,1H3,(H,25,27). The third-order valence-electron chi connectivity index (χ3n) is 5.76. The van der Waals surface area contributed by atoms with Gasteiger partial charge in [-0.05, 0) is 74.5 Å². The van der Waals surface area contributed by atoms with Crippen LogP contribution in [0.1, 0.15) is 35.2 Å². The SMILES string of the molecule is COc1cc(NC(=O)c2cccc(CC3CCNC3)c2)ccc1N1CCCC1. The van der Waals surface area contributed by atoms with Crippen molar-refractivity contribution < 1.29 is 9.53 Å². The van der Waals surface area contributed by atoms with E-state index in [2.05, 4.69) is 21.6 Å². The summed E-state index contributed by atoms with van der Waals surface area (Å²) in [6, 6.07) is 13.9. The number of rotatable bonds is 6. The Bertz CT molecular complexity index is 824. The highest BCUT2D eigenvalue weighted by Gasteiger charge is 2.18. The first-order valence-corrected chi connectivity index (χ1v) is 10.3. The minimum absolute atomic E-state index is 0.0811. The Morgan fingerprint density at radius 3 is 2.82 bits per heavy atom. The van der Waals surface area contributed by atoms with Crippen molar-refractivity contribution in [3.63, 3.8) is 0 Å². The molecule has 2 heterocycles. The van der Waals surface area contributed by atoms with Gasteiger partial charge in [0.05, 0.1) is 12.8 Å². The molecule has 2 aliphatic rings. The van der Waals surface area contributed by atoms with Crippen LogP contribution in [0.15, 0.2) is 42.5 Å². The molecule has 2 fully saturated rings. The van der Waals surface area contributed by atoms with Gasteiger partial charge in [-0.25, -0.2) is 0 Å². The largest absolute Gasteiger partial charge is 0.495 e. The van der Waals surface area contributed by atoms with E-state index in [9.17, 15) is 4.79 Å². The molecule has 148 valence electrons. The van der Waals surface area contributed by atoms with E-state index < -0.39 is 0 Å². The Morgan fingerprint density at radius 2 is 2.07 bits per heavy atom. The quantitative estimate of drug-likeness (QED) is 0.804. The fourth-order valence-electron chi connectivity index (χ4n) is 4.24. The van der Waals surface area contributed by atoms with Gasteiger partial charge in [-0.3, -0.25) is 4.79 Å². The van der Waals surface area contributed by atoms with Crippen molar-refractivity contribution in [2.24, 2.45) is 5.92 Å². The lowest BCUT2D eigenvalue weighted by Gasteiger charge is -2.21. The van der Waals surface area contributed by atoms with Crippen LogP contribution >= 0.6 is 0 Å². The van der Waals surface area contributed by atoms with Crippen molar-refractivity contribution in [1.29, 1.82) is 0 Å². The van der Waals surface area contributed by atoms with Gasteiger partial charge in [0, 0.05) is 30.4 Å². The number of anilines is 2. The van der Waals surface area contributed by atoms with Crippen LogP contribution in [0.25, 0.3) is 0 Å². The van der Waals surface area contributed by atoms with Gasteiger partial charge in [-0.15, -0.1) is 0 Å². The molecule has 5 nitrogen and oxygen atoms in total. The van der Waals surface area contributed by atoms with Crippen molar-refractivity contribution in [1.82, 2.24) is 5.32 Å². The fourth-order valence-corrected chi connectivity index (χ4v) is 4.24. The zero-order chi connectivity index (χ0) is 19.3. The smallest absolute Gasteiger partial charge is 0.255 e. The number of amides is 1. The number of methoxy groups -OCH3 is 1. The molecule has 28 heavy (non-hydrogen) atoms. The van der Waals surface area contributed by atoms with Crippen LogP contribution in [-0.4, -0.2) is 39.2 Å². The molecule has 2 aromatic rings. The number of hydrogen-bond donors (Lipinski definition) is 2. The van der Waals surface area contributed by atoms with Crippen molar-refractivity contribution >= 4 is 17.3 Å². The molecule has 0 spiro atoms. The topological polar surface area (TPSA) is 53.6 Å². The predicted octanol–water partition coefficient (Wildman–Crippen LogP) is 3.70. The van der Waals surface area contributed by atoms with Crippen LogP contribution in [0.2, 0.25) is 0 Å². The van der Waals surface area contributed by atoms with Gasteiger partial charge in [0.1, 0.15) is 5.75 Å². The van der Waals surface area contributed by atoms with Gasteiger partial charge in [0.15, 0.2) is 0 Å². The van der Waals surface area contributed by atoms with Crippen LogP contribution in [0.3, 0.4) is 0 Å². The normalized spacial score (nSPS) is 19.0. The summed E-state index contributed by atoms with van der Waals surface area (Å²) in [4.78, 5) is 15.1. The van der Waals surface area contributed by atoms with Gasteiger partial charge in [-0.2, -0.15) is 0 Å². The van der Waals surface area contributed by atoms with E-state index in [0.29, 0.717) is 11.5 Å². The first-order valence-electron chi connectivity index (χ1n) is 10.3. The molecular weight excluding hydrogens is 350 g/mol. The summed E-state index contributed by atoms with van der Waals surface area (Å²) in [5, 5.41) is 6.43. The highest BCUT2D eigenvalue weighted by atomic mass is 16.5. The van der Waals surface area contributed by atoms with Gasteiger partial charge >= 0.3 is 0 Å². The van der Waals surface area contributed by atoms with Crippen LogP contribution in [0, 0.1) is 5.92 Å². The number of hydrogen-bond acceptors (Lipinski definition) is 4. The molecule has 0 aromatic heterocycles. The minimum atomic E-state index is -0.0811. The molecule has 1 atom stereocenters. The van der Waals surface area contributed by atoms with E-state index in [1.807, 2.05) is 36.4 Å². The first-order chi connectivity index (χ1) is 13.7. The second-order valence-electron chi connectivity index (χ2n) is 7.80. The summed E-state index contributed by atoms with van der Waals surface area (Å²) >= 11 is 0. The fraction of sp³-hybridized carbons (Fsp3) is 0.435. The molecular formula is C23H29N3O2. The Morgan fingerprint density at radius 1 is 1.21 bits per heavy atom. The third kappa shape index (κ3) is 4.30. The van der Waals surface area contributed by atoms with Crippen LogP contribution in [0.5, 0.6) is 5.75 Å². The molecule has 0 aliphatic carbocycles. The summed E-state index contributed by atoms with van der Waals surface area (Å²) in [6.45, 7) is 4.29. The molecule has 2 N–H and O–H groups in total. The van der Waals surface area contributed by atoms with Gasteiger partial charge in [-0.1, -0.05) is 12.1 Å². The average Bonchev–Trinajstić information content (AvgIpc) is 3.42. The third-order valence-corrected chi connectivity index (χ3v) is 5.76. The number of ether oxygens (including phenoxy) is 1. The van der Waals surface area contributed by atoms with E-state index in [4.69, 9.17) is 4.74 Å². The molecule has 2 aromatic carbocycles. The Labute approximate surface area is 167 Å². The molecule has 1 amide bonds. The molecule has 2 aliphatic heterocycles. The summed E-state index contributed by atoms with van der Waals surface area (Å²) in [5.41, 5.74) is 3.79. The minimum Gasteiger partial charge on any atom is -0.495 e. The van der Waals surface area contributed by atoms with Gasteiger partial charge < -0.3 is 20.3 Å². The molecule has 0 bridgehead atoms. The van der Waals surface area contributed by atoms with Crippen LogP contribution in [-0.2, 0) is 6.42 Å². The second-order valence-corrected chi connectivity index (χ2v) is 7.80. The molecule has 0 saturated carbocycles. The summed E-state index contributed by atoms with van der Waals surface area (Å²) < 4.78 is 5.58. The molecule has 1 unspecified atom stereocenters. The molecule has 2 saturated heterocycles. The Hall–Kier alpha value is -2.53. The summed E-state index contributed by atoms with van der Waals surface area (Å²) in [5.74, 6) is 1.39. The lowest BCUT2D eigenvalue weighted by Crippen LogP contribution is -2.18. The number of carbonyl (C=O) groups is 1. The van der Waals surface area contributed by atoms with E-state index in [1.54, 1.807) is 7.11 Å². The number of benzene rings is 2. The highest BCUT2D eigenvalue weighted by Crippen LogP contribution is 2.33. The maximum atomic E-state index is 12.8. The van der Waals surface area contributed by atoms with Crippen molar-refractivity contribution in [2.75, 3.05) is 43.5 Å². The molecule has 0 radical (unpaired) electrons. The zero-order valence-electron chi connectivity index (χ0n) is 16.5. The van der Waals surface area contributed by atoms with Crippen LogP contribution in [0.4, 0.5) is 11.4 Å². The van der Waals surface area contributed by atoms with Gasteiger partial charge in [0.25, 0.3) is 5.91 Å². The maximum absolute atomic E-state index is 12.8. The van der Waals surface area contributed by atoms with Crippen LogP contribution < -0.4 is 20.3 Å². The van der Waals surface area contributed by atoms with E-state index in [1.165, 1.54) is 24.8 Å². The Balaban J connectivity index is 1.45. The van der Waals surface area contributed by atoms with Crippen molar-refractivity contribution in [2.45, 2.75) is 25.7 Å². The maximum Gasteiger partial charge on any atom is 0.255 e. The predicted molar refractivity (Wildman–Crippen MR) is 114 cm³/mol. The van der Waals surface area contributed by atoms with Crippen molar-refractivity contribution in [3.8, 4) is 5.75 Å². The lowest BCUT2D eigenvalue weighted by molar-refractivity contribution is 0.102. The summed E-state index contributed by atoms with van der Waals surface area (Å²) in [6.07, 6.45) is 4.66. The number of nitrogens with zero attached hydrogens (tertiary/aromatic N) is 1. The molecule has 5 heteroatoms. The van der Waals surface area contributed by atoms with E-state index in [-0.39, 0.29) is 5.91 Å². The number of nitrogens with one attached hydrogen (secondary N) is 2. The highest BCUT2D eigenvalue weighted by molar-refractivity contribution is 6.04. The summed E-state index contributed by atoms with van der Waals surface area (Å²) in [7, 11) is 1.68. The molecule has 4 rings (SSSR count). The van der Waals surface area contributed by atoms with Gasteiger partial charge in [0.2, 0.25) is 0 Å². The first kappa shape index (κ1) is 18.8. The lowest BCUT2D eigenvalue weighted by atomic mass is 9.97. The average molecular weight is 380 g/mol.